The highest BCUT2D eigenvalue weighted by Gasteiger charge is 2.09. The van der Waals surface area contributed by atoms with Gasteiger partial charge in [0.1, 0.15) is 0 Å². The van der Waals surface area contributed by atoms with Crippen molar-refractivity contribution in [3.05, 3.63) is 11.9 Å². The molecule has 0 fully saturated rings. The molecule has 0 unspecified atom stereocenters. The van der Waals surface area contributed by atoms with E-state index in [0.717, 1.165) is 11.3 Å². The summed E-state index contributed by atoms with van der Waals surface area (Å²) in [5.41, 5.74) is 7.22. The fourth-order valence-corrected chi connectivity index (χ4v) is 1.23. The van der Waals surface area contributed by atoms with Crippen molar-refractivity contribution >= 4 is 5.95 Å². The van der Waals surface area contributed by atoms with E-state index in [1.807, 2.05) is 20.2 Å². The average Bonchev–Trinajstić information content (AvgIpc) is 2.58. The molecule has 0 amide bonds. The second kappa shape index (κ2) is 2.58. The van der Waals surface area contributed by atoms with Crippen LogP contribution in [-0.2, 0) is 7.05 Å². The molecule has 3 N–H and O–H groups in total. The highest BCUT2D eigenvalue weighted by Crippen LogP contribution is 2.17. The maximum Gasteiger partial charge on any atom is 0.239 e. The van der Waals surface area contributed by atoms with Crippen molar-refractivity contribution in [3.63, 3.8) is 0 Å². The fraction of sp³-hybridized carbons (Fsp3) is 0.286. The van der Waals surface area contributed by atoms with Crippen LogP contribution in [0.4, 0.5) is 5.95 Å². The predicted molar refractivity (Wildman–Crippen MR) is 47.7 cm³/mol. The van der Waals surface area contributed by atoms with Crippen molar-refractivity contribution in [3.8, 4) is 11.4 Å². The summed E-state index contributed by atoms with van der Waals surface area (Å²) in [4.78, 5) is 4.01. The number of hydrogen-bond donors (Lipinski definition) is 2. The molecule has 2 heterocycles. The standard InChI is InChI=1S/C7H10N6/c1-4-5(3-13(2)12-4)6-9-7(8)11-10-6/h3H,1-2H3,(H3,8,9,10,11). The van der Waals surface area contributed by atoms with Gasteiger partial charge in [-0.25, -0.2) is 0 Å². The molecular weight excluding hydrogens is 168 g/mol. The molecule has 2 aromatic rings. The molecule has 0 saturated carbocycles. The molecule has 0 radical (unpaired) electrons. The summed E-state index contributed by atoms with van der Waals surface area (Å²) in [5.74, 6) is 0.904. The highest BCUT2D eigenvalue weighted by atomic mass is 15.3. The van der Waals surface area contributed by atoms with Crippen LogP contribution in [0, 0.1) is 6.92 Å². The zero-order valence-electron chi connectivity index (χ0n) is 7.44. The molecule has 2 aromatic heterocycles. The van der Waals surface area contributed by atoms with Gasteiger partial charge in [0.2, 0.25) is 5.95 Å². The molecule has 2 rings (SSSR count). The van der Waals surface area contributed by atoms with Crippen LogP contribution in [0.15, 0.2) is 6.20 Å². The Balaban J connectivity index is 2.51. The molecule has 0 atom stereocenters. The van der Waals surface area contributed by atoms with Crippen molar-refractivity contribution in [1.29, 1.82) is 0 Å². The minimum Gasteiger partial charge on any atom is -0.366 e. The number of H-pyrrole nitrogens is 1. The first-order valence-electron chi connectivity index (χ1n) is 3.85. The van der Waals surface area contributed by atoms with Crippen LogP contribution in [-0.4, -0.2) is 25.0 Å². The Morgan fingerprint density at radius 2 is 2.31 bits per heavy atom. The van der Waals surface area contributed by atoms with E-state index in [-0.39, 0.29) is 5.95 Å². The van der Waals surface area contributed by atoms with Gasteiger partial charge in [-0.05, 0) is 6.92 Å². The molecule has 0 aliphatic carbocycles. The maximum absolute atomic E-state index is 5.39. The van der Waals surface area contributed by atoms with E-state index in [4.69, 9.17) is 5.73 Å². The number of anilines is 1. The first-order chi connectivity index (χ1) is 6.16. The second-order valence-corrected chi connectivity index (χ2v) is 2.84. The van der Waals surface area contributed by atoms with Crippen LogP contribution in [0.5, 0.6) is 0 Å². The minimum atomic E-state index is 0.248. The van der Waals surface area contributed by atoms with Crippen LogP contribution in [0.25, 0.3) is 11.4 Å². The van der Waals surface area contributed by atoms with Gasteiger partial charge in [-0.15, -0.1) is 5.10 Å². The third-order valence-electron chi connectivity index (χ3n) is 1.77. The predicted octanol–water partition coefficient (Wildman–Crippen LogP) is 0.0958. The number of nitrogens with two attached hydrogens (primary N) is 1. The topological polar surface area (TPSA) is 85.4 Å². The Kier molecular flexibility index (Phi) is 1.54. The summed E-state index contributed by atoms with van der Waals surface area (Å²) in [5, 5.41) is 10.7. The van der Waals surface area contributed by atoms with Crippen LogP contribution >= 0.6 is 0 Å². The molecular formula is C7H10N6. The number of aromatic nitrogens is 5. The number of hydrogen-bond acceptors (Lipinski definition) is 4. The number of nitrogens with zero attached hydrogens (tertiary/aromatic N) is 4. The number of nitrogen functional groups attached to an aromatic ring is 1. The van der Waals surface area contributed by atoms with Gasteiger partial charge in [-0.3, -0.25) is 9.78 Å². The first-order valence-corrected chi connectivity index (χ1v) is 3.85. The van der Waals surface area contributed by atoms with Crippen molar-refractivity contribution in [2.24, 2.45) is 7.05 Å². The van der Waals surface area contributed by atoms with Crippen LogP contribution < -0.4 is 5.73 Å². The summed E-state index contributed by atoms with van der Waals surface area (Å²) < 4.78 is 1.73. The van der Waals surface area contributed by atoms with Gasteiger partial charge in [0.15, 0.2) is 5.82 Å². The number of nitrogens with one attached hydrogen (secondary N) is 1. The normalized spacial score (nSPS) is 10.6. The second-order valence-electron chi connectivity index (χ2n) is 2.84. The van der Waals surface area contributed by atoms with E-state index in [1.54, 1.807) is 4.68 Å². The van der Waals surface area contributed by atoms with Gasteiger partial charge in [-0.2, -0.15) is 10.1 Å². The largest absolute Gasteiger partial charge is 0.366 e. The molecule has 0 spiro atoms. The Morgan fingerprint density at radius 1 is 1.54 bits per heavy atom. The average molecular weight is 178 g/mol. The molecule has 13 heavy (non-hydrogen) atoms. The maximum atomic E-state index is 5.39. The molecule has 6 nitrogen and oxygen atoms in total. The number of aromatic amines is 1. The molecule has 0 bridgehead atoms. The van der Waals surface area contributed by atoms with Gasteiger partial charge in [0.05, 0.1) is 11.3 Å². The van der Waals surface area contributed by atoms with Crippen LogP contribution in [0.3, 0.4) is 0 Å². The lowest BCUT2D eigenvalue weighted by Gasteiger charge is -1.88. The zero-order chi connectivity index (χ0) is 9.42. The van der Waals surface area contributed by atoms with E-state index < -0.39 is 0 Å². The lowest BCUT2D eigenvalue weighted by molar-refractivity contribution is 0.756. The number of rotatable bonds is 1. The summed E-state index contributed by atoms with van der Waals surface area (Å²) in [6, 6.07) is 0. The molecule has 0 aliphatic rings. The summed E-state index contributed by atoms with van der Waals surface area (Å²) in [7, 11) is 1.86. The van der Waals surface area contributed by atoms with E-state index >= 15 is 0 Å². The monoisotopic (exact) mass is 178 g/mol. The smallest absolute Gasteiger partial charge is 0.239 e. The molecule has 0 saturated heterocycles. The van der Waals surface area contributed by atoms with E-state index in [2.05, 4.69) is 20.3 Å². The minimum absolute atomic E-state index is 0.248. The lowest BCUT2D eigenvalue weighted by atomic mass is 10.2. The number of aryl methyl sites for hydroxylation is 2. The van der Waals surface area contributed by atoms with Crippen molar-refractivity contribution in [2.45, 2.75) is 6.92 Å². The molecule has 0 aromatic carbocycles. The Hall–Kier alpha value is -1.85. The molecule has 6 heteroatoms. The summed E-state index contributed by atoms with van der Waals surface area (Å²) >= 11 is 0. The fourth-order valence-electron chi connectivity index (χ4n) is 1.23. The van der Waals surface area contributed by atoms with Crippen LogP contribution in [0.1, 0.15) is 5.69 Å². The van der Waals surface area contributed by atoms with E-state index in [9.17, 15) is 0 Å². The third kappa shape index (κ3) is 1.26. The van der Waals surface area contributed by atoms with E-state index in [1.165, 1.54) is 0 Å². The van der Waals surface area contributed by atoms with E-state index in [0.29, 0.717) is 5.82 Å². The van der Waals surface area contributed by atoms with Crippen molar-refractivity contribution in [2.75, 3.05) is 5.73 Å². The molecule has 0 aliphatic heterocycles. The Bertz CT molecular complexity index is 426. The van der Waals surface area contributed by atoms with Crippen molar-refractivity contribution < 1.29 is 0 Å². The zero-order valence-corrected chi connectivity index (χ0v) is 7.44. The summed E-state index contributed by atoms with van der Waals surface area (Å²) in [6.45, 7) is 1.91. The Morgan fingerprint density at radius 3 is 2.77 bits per heavy atom. The van der Waals surface area contributed by atoms with Gasteiger partial charge in [0.25, 0.3) is 0 Å². The SMILES string of the molecule is Cc1nn(C)cc1-c1nc(N)n[nH]1. The highest BCUT2D eigenvalue weighted by molar-refractivity contribution is 5.57. The summed E-state index contributed by atoms with van der Waals surface area (Å²) in [6.07, 6.45) is 1.87. The first kappa shape index (κ1) is 7.78. The van der Waals surface area contributed by atoms with Gasteiger partial charge in [0, 0.05) is 13.2 Å². The van der Waals surface area contributed by atoms with Gasteiger partial charge < -0.3 is 5.73 Å². The third-order valence-corrected chi connectivity index (χ3v) is 1.77. The quantitative estimate of drug-likeness (QED) is 0.648. The molecule has 68 valence electrons. The lowest BCUT2D eigenvalue weighted by Crippen LogP contribution is -1.86. The van der Waals surface area contributed by atoms with Crippen LogP contribution in [0.2, 0.25) is 0 Å². The van der Waals surface area contributed by atoms with Gasteiger partial charge >= 0.3 is 0 Å². The van der Waals surface area contributed by atoms with Crippen molar-refractivity contribution in [1.82, 2.24) is 25.0 Å². The van der Waals surface area contributed by atoms with Gasteiger partial charge in [-0.1, -0.05) is 0 Å². The Labute approximate surface area is 74.8 Å².